The van der Waals surface area contributed by atoms with Gasteiger partial charge in [0.1, 0.15) is 0 Å². The Balaban J connectivity index is 2.45. The summed E-state index contributed by atoms with van der Waals surface area (Å²) in [7, 11) is -2.80. The molecule has 2 aromatic carbocycles. The fourth-order valence-corrected chi connectivity index (χ4v) is 7.43. The van der Waals surface area contributed by atoms with Gasteiger partial charge in [-0.1, -0.05) is 115 Å². The molecule has 0 radical (unpaired) electrons. The third-order valence-corrected chi connectivity index (χ3v) is 8.63. The van der Waals surface area contributed by atoms with Gasteiger partial charge in [0.05, 0.1) is 6.10 Å². The quantitative estimate of drug-likeness (QED) is 0.345. The van der Waals surface area contributed by atoms with E-state index >= 15 is 0 Å². The minimum absolute atomic E-state index is 0.155. The first kappa shape index (κ1) is 22.9. The van der Waals surface area contributed by atoms with Crippen LogP contribution in [0.3, 0.4) is 0 Å². The zero-order valence-electron chi connectivity index (χ0n) is 18.4. The van der Waals surface area contributed by atoms with Crippen LogP contribution in [0.25, 0.3) is 0 Å². The van der Waals surface area contributed by atoms with Gasteiger partial charge >= 0.3 is 8.56 Å². The summed E-state index contributed by atoms with van der Waals surface area (Å²) in [5.74, 6) is 0.867. The first-order valence-corrected chi connectivity index (χ1v) is 12.8. The lowest BCUT2D eigenvalue weighted by molar-refractivity contribution is 0.0630. The molecule has 0 atom stereocenters. The maximum absolute atomic E-state index is 7.06. The highest BCUT2D eigenvalue weighted by molar-refractivity contribution is 6.92. The van der Waals surface area contributed by atoms with Crippen LogP contribution in [0.4, 0.5) is 0 Å². The van der Waals surface area contributed by atoms with Crippen LogP contribution in [0.15, 0.2) is 60.7 Å². The third kappa shape index (κ3) is 6.04. The molecule has 0 aliphatic carbocycles. The Kier molecular flexibility index (Phi) is 9.43. The second kappa shape index (κ2) is 11.5. The fraction of sp³-hybridized carbons (Fsp3) is 0.520. The normalized spacial score (nSPS) is 12.3. The molecule has 0 aliphatic rings. The van der Waals surface area contributed by atoms with Crippen molar-refractivity contribution >= 4 is 18.9 Å². The van der Waals surface area contributed by atoms with Gasteiger partial charge in [0.25, 0.3) is 0 Å². The SMILES string of the molecule is CCCCCCO[Si](OC(C(C)C)C(C)C)(c1ccccc1)c1ccccc1. The minimum atomic E-state index is -2.80. The van der Waals surface area contributed by atoms with E-state index in [2.05, 4.69) is 95.3 Å². The van der Waals surface area contributed by atoms with Crippen LogP contribution in [-0.4, -0.2) is 21.3 Å². The second-order valence-corrected chi connectivity index (χ2v) is 11.2. The van der Waals surface area contributed by atoms with Crippen molar-refractivity contribution in [3.8, 4) is 0 Å². The van der Waals surface area contributed by atoms with E-state index in [4.69, 9.17) is 8.85 Å². The van der Waals surface area contributed by atoms with Crippen molar-refractivity contribution in [2.24, 2.45) is 11.8 Å². The van der Waals surface area contributed by atoms with Gasteiger partial charge in [-0.25, -0.2) is 0 Å². The van der Waals surface area contributed by atoms with Gasteiger partial charge in [0.2, 0.25) is 0 Å². The van der Waals surface area contributed by atoms with Crippen LogP contribution in [-0.2, 0) is 8.85 Å². The molecule has 154 valence electrons. The summed E-state index contributed by atoms with van der Waals surface area (Å²) in [6.45, 7) is 12.0. The van der Waals surface area contributed by atoms with Crippen molar-refractivity contribution in [1.82, 2.24) is 0 Å². The van der Waals surface area contributed by atoms with E-state index in [9.17, 15) is 0 Å². The molecular formula is C25H38O2Si. The molecule has 2 nitrogen and oxygen atoms in total. The maximum atomic E-state index is 7.06. The van der Waals surface area contributed by atoms with Crippen LogP contribution >= 0.6 is 0 Å². The Labute approximate surface area is 173 Å². The molecule has 0 heterocycles. The lowest BCUT2D eigenvalue weighted by Gasteiger charge is -2.38. The highest BCUT2D eigenvalue weighted by Crippen LogP contribution is 2.23. The van der Waals surface area contributed by atoms with Crippen LogP contribution in [0.5, 0.6) is 0 Å². The predicted molar refractivity (Wildman–Crippen MR) is 123 cm³/mol. The maximum Gasteiger partial charge on any atom is 0.407 e. The summed E-state index contributed by atoms with van der Waals surface area (Å²) in [4.78, 5) is 0. The molecule has 0 amide bonds. The smallest absolute Gasteiger partial charge is 0.388 e. The summed E-state index contributed by atoms with van der Waals surface area (Å²) >= 11 is 0. The van der Waals surface area contributed by atoms with E-state index in [1.54, 1.807) is 0 Å². The largest absolute Gasteiger partial charge is 0.407 e. The molecule has 0 saturated heterocycles. The van der Waals surface area contributed by atoms with Gasteiger partial charge in [-0.05, 0) is 28.6 Å². The number of benzene rings is 2. The molecule has 0 unspecified atom stereocenters. The minimum Gasteiger partial charge on any atom is -0.388 e. The van der Waals surface area contributed by atoms with Crippen LogP contribution < -0.4 is 10.4 Å². The van der Waals surface area contributed by atoms with Gasteiger partial charge in [0.15, 0.2) is 0 Å². The van der Waals surface area contributed by atoms with Crippen molar-refractivity contribution in [2.45, 2.75) is 66.4 Å². The molecule has 0 saturated carbocycles. The molecule has 0 spiro atoms. The van der Waals surface area contributed by atoms with Crippen LogP contribution in [0.1, 0.15) is 60.3 Å². The van der Waals surface area contributed by atoms with E-state index < -0.39 is 8.56 Å². The molecular weight excluding hydrogens is 360 g/mol. The van der Waals surface area contributed by atoms with Crippen LogP contribution in [0, 0.1) is 11.8 Å². The zero-order chi connectivity index (χ0) is 20.4. The second-order valence-electron chi connectivity index (χ2n) is 8.33. The highest BCUT2D eigenvalue weighted by atomic mass is 28.4. The molecule has 0 aliphatic heterocycles. The van der Waals surface area contributed by atoms with Gasteiger partial charge in [-0.2, -0.15) is 0 Å². The van der Waals surface area contributed by atoms with E-state index in [0.29, 0.717) is 11.8 Å². The van der Waals surface area contributed by atoms with E-state index in [1.165, 1.54) is 29.6 Å². The average molecular weight is 399 g/mol. The molecule has 28 heavy (non-hydrogen) atoms. The van der Waals surface area contributed by atoms with Crippen LogP contribution in [0.2, 0.25) is 0 Å². The summed E-state index contributed by atoms with van der Waals surface area (Å²) in [6, 6.07) is 21.3. The zero-order valence-corrected chi connectivity index (χ0v) is 19.4. The number of hydrogen-bond acceptors (Lipinski definition) is 2. The summed E-state index contributed by atoms with van der Waals surface area (Å²) in [5, 5.41) is 2.39. The predicted octanol–water partition coefficient (Wildman–Crippen LogP) is 5.54. The Bertz CT molecular complexity index is 607. The van der Waals surface area contributed by atoms with Crippen molar-refractivity contribution in [3.63, 3.8) is 0 Å². The molecule has 2 aromatic rings. The summed E-state index contributed by atoms with van der Waals surface area (Å²) in [5.41, 5.74) is 0. The van der Waals surface area contributed by atoms with Crippen molar-refractivity contribution < 1.29 is 8.85 Å². The molecule has 2 rings (SSSR count). The first-order valence-electron chi connectivity index (χ1n) is 10.9. The van der Waals surface area contributed by atoms with E-state index in [-0.39, 0.29) is 6.10 Å². The Morgan fingerprint density at radius 1 is 0.714 bits per heavy atom. The van der Waals surface area contributed by atoms with Crippen molar-refractivity contribution in [2.75, 3.05) is 6.61 Å². The number of unbranched alkanes of at least 4 members (excludes halogenated alkanes) is 3. The Morgan fingerprint density at radius 2 is 1.21 bits per heavy atom. The molecule has 0 fully saturated rings. The third-order valence-electron chi connectivity index (χ3n) is 5.23. The number of hydrogen-bond donors (Lipinski definition) is 0. The lowest BCUT2D eigenvalue weighted by Crippen LogP contribution is -2.65. The monoisotopic (exact) mass is 398 g/mol. The lowest BCUT2D eigenvalue weighted by atomic mass is 9.97. The summed E-state index contributed by atoms with van der Waals surface area (Å²) in [6.07, 6.45) is 4.94. The van der Waals surface area contributed by atoms with Gasteiger partial charge < -0.3 is 8.85 Å². The Morgan fingerprint density at radius 3 is 1.64 bits per heavy atom. The van der Waals surface area contributed by atoms with Crippen molar-refractivity contribution in [3.05, 3.63) is 60.7 Å². The topological polar surface area (TPSA) is 18.5 Å². The van der Waals surface area contributed by atoms with Crippen molar-refractivity contribution in [1.29, 1.82) is 0 Å². The first-order chi connectivity index (χ1) is 13.5. The average Bonchev–Trinajstić information content (AvgIpc) is 2.71. The molecule has 0 N–H and O–H groups in total. The van der Waals surface area contributed by atoms with E-state index in [0.717, 1.165) is 13.0 Å². The number of rotatable bonds is 12. The van der Waals surface area contributed by atoms with Gasteiger partial charge in [-0.3, -0.25) is 0 Å². The highest BCUT2D eigenvalue weighted by Gasteiger charge is 2.45. The van der Waals surface area contributed by atoms with Gasteiger partial charge in [-0.15, -0.1) is 0 Å². The summed E-state index contributed by atoms with van der Waals surface area (Å²) < 4.78 is 13.9. The molecule has 3 heteroatoms. The molecule has 0 aromatic heterocycles. The molecule has 0 bridgehead atoms. The fourth-order valence-electron chi connectivity index (χ4n) is 3.80. The van der Waals surface area contributed by atoms with E-state index in [1.807, 2.05) is 0 Å². The Hall–Kier alpha value is -1.42. The van der Waals surface area contributed by atoms with Gasteiger partial charge in [0, 0.05) is 6.61 Å². The standard InChI is InChI=1S/C25H38O2Si/c1-6-7-8-15-20-26-28(23-16-11-9-12-17-23,24-18-13-10-14-19-24)27-25(21(2)3)22(4)5/h9-14,16-19,21-22,25H,6-8,15,20H2,1-5H3.